The van der Waals surface area contributed by atoms with Crippen LogP contribution in [0.3, 0.4) is 0 Å². The molecule has 0 amide bonds. The van der Waals surface area contributed by atoms with Crippen LogP contribution in [0.4, 0.5) is 0 Å². The van der Waals surface area contributed by atoms with Crippen molar-refractivity contribution in [1.82, 2.24) is 0 Å². The summed E-state index contributed by atoms with van der Waals surface area (Å²) in [6.45, 7) is 8.48. The van der Waals surface area contributed by atoms with Crippen molar-refractivity contribution in [2.24, 2.45) is 17.8 Å². The highest BCUT2D eigenvalue weighted by atomic mass is 79.9. The smallest absolute Gasteiger partial charge is 0.0717 e. The lowest BCUT2D eigenvalue weighted by Crippen LogP contribution is -2.14. The zero-order valence-corrected chi connectivity index (χ0v) is 14.0. The first kappa shape index (κ1) is 16.7. The van der Waals surface area contributed by atoms with Crippen molar-refractivity contribution >= 4 is 15.9 Å². The van der Waals surface area contributed by atoms with E-state index in [1.165, 1.54) is 18.4 Å². The minimum atomic E-state index is 0.630. The summed E-state index contributed by atoms with van der Waals surface area (Å²) in [6.07, 6.45) is 2.55. The van der Waals surface area contributed by atoms with Gasteiger partial charge in [-0.3, -0.25) is 0 Å². The number of rotatable bonds is 9. The molecule has 0 spiro atoms. The maximum atomic E-state index is 5.82. The number of hydrogen-bond donors (Lipinski definition) is 0. The van der Waals surface area contributed by atoms with Gasteiger partial charge in [-0.15, -0.1) is 0 Å². The molecule has 0 saturated heterocycles. The van der Waals surface area contributed by atoms with Gasteiger partial charge in [0.15, 0.2) is 0 Å². The van der Waals surface area contributed by atoms with Gasteiger partial charge in [0.2, 0.25) is 0 Å². The van der Waals surface area contributed by atoms with Crippen LogP contribution in [0.5, 0.6) is 0 Å². The zero-order chi connectivity index (χ0) is 14.1. The molecule has 0 aliphatic rings. The number of hydrogen-bond acceptors (Lipinski definition) is 1. The first-order chi connectivity index (χ1) is 9.11. The molecule has 2 unspecified atom stereocenters. The molecule has 0 aliphatic heterocycles. The molecule has 0 fully saturated rings. The van der Waals surface area contributed by atoms with Crippen LogP contribution in [-0.4, -0.2) is 11.9 Å². The minimum absolute atomic E-state index is 0.630. The Morgan fingerprint density at radius 2 is 1.74 bits per heavy atom. The standard InChI is InChI=1S/C17H27BrO/c1-14(2)9-17(11-18)10-15(3)12-19-13-16-7-5-4-6-8-16/h4-8,14-15,17H,9-13H2,1-3H3. The van der Waals surface area contributed by atoms with Crippen molar-refractivity contribution < 1.29 is 4.74 Å². The maximum Gasteiger partial charge on any atom is 0.0717 e. The normalized spacial score (nSPS) is 14.6. The predicted octanol–water partition coefficient (Wildman–Crippen LogP) is 5.29. The summed E-state index contributed by atoms with van der Waals surface area (Å²) in [5, 5.41) is 1.11. The van der Waals surface area contributed by atoms with E-state index in [4.69, 9.17) is 4.74 Å². The zero-order valence-electron chi connectivity index (χ0n) is 12.4. The second-order valence-electron chi connectivity index (χ2n) is 5.99. The fourth-order valence-electron chi connectivity index (χ4n) is 2.48. The molecule has 1 nitrogen and oxygen atoms in total. The van der Waals surface area contributed by atoms with Crippen molar-refractivity contribution in [1.29, 1.82) is 0 Å². The average Bonchev–Trinajstić information content (AvgIpc) is 2.38. The van der Waals surface area contributed by atoms with Gasteiger partial charge in [-0.1, -0.05) is 67.0 Å². The molecule has 1 aromatic rings. The molecule has 2 heteroatoms. The van der Waals surface area contributed by atoms with E-state index in [9.17, 15) is 0 Å². The Labute approximate surface area is 126 Å². The van der Waals surface area contributed by atoms with Crippen LogP contribution < -0.4 is 0 Å². The number of halogens is 1. The van der Waals surface area contributed by atoms with Crippen LogP contribution in [0, 0.1) is 17.8 Å². The van der Waals surface area contributed by atoms with Crippen LogP contribution in [0.15, 0.2) is 30.3 Å². The Bertz CT molecular complexity index is 323. The van der Waals surface area contributed by atoms with Crippen LogP contribution >= 0.6 is 15.9 Å². The molecule has 0 N–H and O–H groups in total. The lowest BCUT2D eigenvalue weighted by atomic mass is 9.90. The fourth-order valence-corrected chi connectivity index (χ4v) is 3.01. The van der Waals surface area contributed by atoms with Gasteiger partial charge in [0, 0.05) is 11.9 Å². The Hall–Kier alpha value is -0.340. The Morgan fingerprint density at radius 3 is 2.32 bits per heavy atom. The summed E-state index contributed by atoms with van der Waals surface area (Å²) in [6, 6.07) is 10.4. The number of benzene rings is 1. The van der Waals surface area contributed by atoms with E-state index >= 15 is 0 Å². The van der Waals surface area contributed by atoms with Gasteiger partial charge in [-0.2, -0.15) is 0 Å². The van der Waals surface area contributed by atoms with E-state index < -0.39 is 0 Å². The number of alkyl halides is 1. The lowest BCUT2D eigenvalue weighted by molar-refractivity contribution is 0.0840. The van der Waals surface area contributed by atoms with Crippen molar-refractivity contribution in [2.45, 2.75) is 40.2 Å². The third-order valence-electron chi connectivity index (χ3n) is 3.27. The molecule has 0 bridgehead atoms. The Morgan fingerprint density at radius 1 is 1.05 bits per heavy atom. The largest absolute Gasteiger partial charge is 0.376 e. The highest BCUT2D eigenvalue weighted by Gasteiger charge is 2.14. The van der Waals surface area contributed by atoms with E-state index in [0.717, 1.165) is 30.4 Å². The maximum absolute atomic E-state index is 5.82. The van der Waals surface area contributed by atoms with Crippen molar-refractivity contribution in [3.63, 3.8) is 0 Å². The molecular formula is C17H27BrO. The highest BCUT2D eigenvalue weighted by molar-refractivity contribution is 9.09. The number of ether oxygens (including phenoxy) is 1. The molecule has 1 aromatic carbocycles. The average molecular weight is 327 g/mol. The van der Waals surface area contributed by atoms with Gasteiger partial charge in [0.25, 0.3) is 0 Å². The summed E-state index contributed by atoms with van der Waals surface area (Å²) in [5.74, 6) is 2.18. The molecule has 0 heterocycles. The second-order valence-corrected chi connectivity index (χ2v) is 6.64. The van der Waals surface area contributed by atoms with Gasteiger partial charge in [0.1, 0.15) is 0 Å². The summed E-state index contributed by atoms with van der Waals surface area (Å²) >= 11 is 3.64. The van der Waals surface area contributed by atoms with E-state index in [0.29, 0.717) is 5.92 Å². The summed E-state index contributed by atoms with van der Waals surface area (Å²) in [4.78, 5) is 0. The van der Waals surface area contributed by atoms with E-state index in [2.05, 4.69) is 61.0 Å². The van der Waals surface area contributed by atoms with Gasteiger partial charge in [-0.05, 0) is 36.2 Å². The lowest BCUT2D eigenvalue weighted by Gasteiger charge is -2.20. The van der Waals surface area contributed by atoms with Crippen molar-refractivity contribution in [2.75, 3.05) is 11.9 Å². The van der Waals surface area contributed by atoms with Crippen LogP contribution in [0.25, 0.3) is 0 Å². The molecule has 0 aromatic heterocycles. The van der Waals surface area contributed by atoms with Gasteiger partial charge in [-0.25, -0.2) is 0 Å². The molecule has 1 rings (SSSR count). The molecule has 0 saturated carbocycles. The molecule has 2 atom stereocenters. The van der Waals surface area contributed by atoms with Crippen molar-refractivity contribution in [3.05, 3.63) is 35.9 Å². The van der Waals surface area contributed by atoms with E-state index in [1.54, 1.807) is 0 Å². The molecule has 108 valence electrons. The molecule has 19 heavy (non-hydrogen) atoms. The Kier molecular flexibility index (Phi) is 8.40. The Balaban J connectivity index is 2.21. The monoisotopic (exact) mass is 326 g/mol. The third-order valence-corrected chi connectivity index (χ3v) is 4.19. The molecule has 0 radical (unpaired) electrons. The molecular weight excluding hydrogens is 300 g/mol. The SMILES string of the molecule is CC(C)CC(CBr)CC(C)COCc1ccccc1. The van der Waals surface area contributed by atoms with Crippen LogP contribution in [0.1, 0.15) is 39.2 Å². The topological polar surface area (TPSA) is 9.23 Å². The fraction of sp³-hybridized carbons (Fsp3) is 0.647. The van der Waals surface area contributed by atoms with Crippen LogP contribution in [0.2, 0.25) is 0 Å². The second kappa shape index (κ2) is 9.55. The first-order valence-corrected chi connectivity index (χ1v) is 8.41. The predicted molar refractivity (Wildman–Crippen MR) is 86.6 cm³/mol. The highest BCUT2D eigenvalue weighted by Crippen LogP contribution is 2.22. The summed E-state index contributed by atoms with van der Waals surface area (Å²) in [5.41, 5.74) is 1.26. The van der Waals surface area contributed by atoms with E-state index in [-0.39, 0.29) is 0 Å². The molecule has 0 aliphatic carbocycles. The third kappa shape index (κ3) is 7.74. The first-order valence-electron chi connectivity index (χ1n) is 7.29. The quantitative estimate of drug-likeness (QED) is 0.560. The van der Waals surface area contributed by atoms with Gasteiger partial charge < -0.3 is 4.74 Å². The minimum Gasteiger partial charge on any atom is -0.376 e. The van der Waals surface area contributed by atoms with Crippen LogP contribution in [-0.2, 0) is 11.3 Å². The van der Waals surface area contributed by atoms with Gasteiger partial charge >= 0.3 is 0 Å². The summed E-state index contributed by atoms with van der Waals surface area (Å²) < 4.78 is 5.82. The van der Waals surface area contributed by atoms with Gasteiger partial charge in [0.05, 0.1) is 6.61 Å². The summed E-state index contributed by atoms with van der Waals surface area (Å²) in [7, 11) is 0. The van der Waals surface area contributed by atoms with E-state index in [1.807, 2.05) is 6.07 Å². The van der Waals surface area contributed by atoms with Crippen molar-refractivity contribution in [3.8, 4) is 0 Å².